The molecule has 0 aliphatic heterocycles. The lowest BCUT2D eigenvalue weighted by Crippen LogP contribution is -3.00. The first-order chi connectivity index (χ1) is 23.6. The normalized spacial score (nSPS) is 11.7. The molecule has 0 spiro atoms. The van der Waals surface area contributed by atoms with Gasteiger partial charge in [-0.3, -0.25) is 24.0 Å². The van der Waals surface area contributed by atoms with Gasteiger partial charge in [0.05, 0.1) is 43.4 Å². The van der Waals surface area contributed by atoms with Crippen molar-refractivity contribution in [3.05, 3.63) is 71.3 Å². The van der Waals surface area contributed by atoms with Gasteiger partial charge in [-0.05, 0) is 60.8 Å². The van der Waals surface area contributed by atoms with Crippen molar-refractivity contribution in [2.75, 3.05) is 33.9 Å². The summed E-state index contributed by atoms with van der Waals surface area (Å²) < 4.78 is 15.9. The molecular formula is C41H64BrNO9. The van der Waals surface area contributed by atoms with Gasteiger partial charge in [-0.2, -0.15) is 0 Å². The van der Waals surface area contributed by atoms with Crippen molar-refractivity contribution in [2.24, 2.45) is 16.7 Å². The molecule has 0 aliphatic carbocycles. The first-order valence-electron chi connectivity index (χ1n) is 17.9. The minimum atomic E-state index is -0.956. The number of carbonyl (C=O) groups excluding carboxylic acids is 4. The topological polar surface area (TPSA) is 133 Å². The standard InChI is InChI=1S/C23H30NO3.C9H16O4.C9H18O2.BrH/c1-5-18(2)23(26)27-16-15-24(3,4)17-19-11-13-21(14-12-19)22(25)20-9-7-6-8-10-20;1-4-9(2,3)8(12)13-6-5-7(10)11;1-6-9(4,5)8(10)11-7(2)3;/h6-14,18H,5,15-17H2,1-4H3;4-6H2,1-3H3,(H,10,11);7H,6H2,1-5H3;1H/q+1;;;/p-1. The first-order valence-corrected chi connectivity index (χ1v) is 17.9. The van der Waals surface area contributed by atoms with Crippen LogP contribution in [0.2, 0.25) is 0 Å². The number of aliphatic carboxylic acids is 1. The summed E-state index contributed by atoms with van der Waals surface area (Å²) in [6, 6.07) is 17.1. The number of esters is 3. The van der Waals surface area contributed by atoms with Gasteiger partial charge in [0.2, 0.25) is 0 Å². The zero-order valence-electron chi connectivity index (χ0n) is 33.5. The van der Waals surface area contributed by atoms with Gasteiger partial charge < -0.3 is 40.8 Å². The number of likely N-dealkylation sites (N-methyl/N-ethyl adjacent to an activating group) is 1. The van der Waals surface area contributed by atoms with Crippen molar-refractivity contribution in [3.8, 4) is 0 Å². The van der Waals surface area contributed by atoms with E-state index in [0.29, 0.717) is 28.6 Å². The lowest BCUT2D eigenvalue weighted by molar-refractivity contribution is -0.903. The Morgan fingerprint density at radius 3 is 1.69 bits per heavy atom. The van der Waals surface area contributed by atoms with E-state index in [9.17, 15) is 24.0 Å². The second-order valence-corrected chi connectivity index (χ2v) is 14.9. The second kappa shape index (κ2) is 24.6. The van der Waals surface area contributed by atoms with Gasteiger partial charge in [-0.1, -0.05) is 82.3 Å². The Morgan fingerprint density at radius 1 is 0.731 bits per heavy atom. The third-order valence-corrected chi connectivity index (χ3v) is 8.58. The van der Waals surface area contributed by atoms with Gasteiger partial charge in [0, 0.05) is 16.7 Å². The van der Waals surface area contributed by atoms with Crippen molar-refractivity contribution in [1.29, 1.82) is 0 Å². The molecular weight excluding hydrogens is 730 g/mol. The van der Waals surface area contributed by atoms with E-state index in [1.54, 1.807) is 13.8 Å². The molecule has 0 amide bonds. The smallest absolute Gasteiger partial charge is 0.311 e. The summed E-state index contributed by atoms with van der Waals surface area (Å²) in [5.41, 5.74) is 1.70. The van der Waals surface area contributed by atoms with Crippen LogP contribution in [-0.4, -0.2) is 79.2 Å². The van der Waals surface area contributed by atoms with E-state index in [2.05, 4.69) is 14.1 Å². The quantitative estimate of drug-likeness (QED) is 0.103. The summed E-state index contributed by atoms with van der Waals surface area (Å²) in [5.74, 6) is -1.53. The maximum absolute atomic E-state index is 12.5. The van der Waals surface area contributed by atoms with Gasteiger partial charge >= 0.3 is 23.9 Å². The second-order valence-electron chi connectivity index (χ2n) is 14.9. The molecule has 1 N–H and O–H groups in total. The number of halogens is 1. The van der Waals surface area contributed by atoms with E-state index in [1.165, 1.54) is 0 Å². The molecule has 0 fully saturated rings. The third-order valence-electron chi connectivity index (χ3n) is 8.58. The molecule has 0 saturated heterocycles. The zero-order valence-corrected chi connectivity index (χ0v) is 35.1. The van der Waals surface area contributed by atoms with E-state index in [-0.39, 0.29) is 71.1 Å². The summed E-state index contributed by atoms with van der Waals surface area (Å²) in [7, 11) is 4.22. The molecule has 0 bridgehead atoms. The average Bonchev–Trinajstić information content (AvgIpc) is 3.08. The van der Waals surface area contributed by atoms with Crippen LogP contribution in [0.3, 0.4) is 0 Å². The number of nitrogens with zero attached hydrogens (tertiary/aromatic N) is 1. The average molecular weight is 795 g/mol. The molecule has 0 aromatic heterocycles. The van der Waals surface area contributed by atoms with E-state index < -0.39 is 11.4 Å². The van der Waals surface area contributed by atoms with Gasteiger partial charge in [-0.25, -0.2) is 0 Å². The highest BCUT2D eigenvalue weighted by Gasteiger charge is 2.28. The molecule has 0 radical (unpaired) electrons. The molecule has 10 nitrogen and oxygen atoms in total. The fraction of sp³-hybridized carbons (Fsp3) is 0.585. The van der Waals surface area contributed by atoms with E-state index in [0.717, 1.165) is 31.5 Å². The number of rotatable bonds is 17. The zero-order chi connectivity index (χ0) is 39.4. The first kappa shape index (κ1) is 50.5. The van der Waals surface area contributed by atoms with Gasteiger partial charge in [-0.15, -0.1) is 0 Å². The molecule has 2 aromatic rings. The molecule has 1 atom stereocenters. The number of carboxylic acids is 1. The van der Waals surface area contributed by atoms with Crippen LogP contribution in [0, 0.1) is 16.7 Å². The molecule has 0 aliphatic rings. The molecule has 2 rings (SSSR count). The van der Waals surface area contributed by atoms with Crippen LogP contribution in [0.4, 0.5) is 0 Å². The Balaban J connectivity index is 0. The van der Waals surface area contributed by atoms with Crippen LogP contribution in [0.1, 0.15) is 116 Å². The van der Waals surface area contributed by atoms with Gasteiger partial charge in [0.1, 0.15) is 26.3 Å². The van der Waals surface area contributed by atoms with Crippen molar-refractivity contribution in [3.63, 3.8) is 0 Å². The predicted molar refractivity (Wildman–Crippen MR) is 200 cm³/mol. The number of carboxylic acid groups (broad SMARTS) is 1. The number of ether oxygens (including phenoxy) is 3. The van der Waals surface area contributed by atoms with E-state index in [1.807, 2.05) is 110 Å². The Morgan fingerprint density at radius 2 is 1.23 bits per heavy atom. The SMILES string of the molecule is CCC(C)(C)C(=O)OC(C)C.CCC(C)(C)C(=O)OCCC(=O)O.CCC(C)C(=O)OCC[N+](C)(C)Cc1ccc(C(=O)c2ccccc2)cc1.[Br-]. The number of carbonyl (C=O) groups is 5. The fourth-order valence-corrected chi connectivity index (χ4v) is 3.88. The van der Waals surface area contributed by atoms with Crippen LogP contribution < -0.4 is 17.0 Å². The largest absolute Gasteiger partial charge is 1.00 e. The molecule has 52 heavy (non-hydrogen) atoms. The number of hydrogen-bond acceptors (Lipinski definition) is 8. The molecule has 0 saturated carbocycles. The number of quaternary nitrogens is 1. The minimum absolute atomic E-state index is 0. The summed E-state index contributed by atoms with van der Waals surface area (Å²) in [6.07, 6.45) is 2.15. The number of ketones is 1. The lowest BCUT2D eigenvalue weighted by Gasteiger charge is -2.29. The highest BCUT2D eigenvalue weighted by Crippen LogP contribution is 2.22. The highest BCUT2D eigenvalue weighted by atomic mass is 79.9. The maximum atomic E-state index is 12.5. The van der Waals surface area contributed by atoms with Crippen LogP contribution >= 0.6 is 0 Å². The van der Waals surface area contributed by atoms with Crippen LogP contribution in [0.15, 0.2) is 54.6 Å². The molecule has 1 unspecified atom stereocenters. The van der Waals surface area contributed by atoms with Gasteiger partial charge in [0.15, 0.2) is 5.78 Å². The molecule has 2 aromatic carbocycles. The lowest BCUT2D eigenvalue weighted by atomic mass is 9.91. The Bertz CT molecular complexity index is 1370. The van der Waals surface area contributed by atoms with E-state index >= 15 is 0 Å². The van der Waals surface area contributed by atoms with Crippen molar-refractivity contribution < 1.29 is 64.8 Å². The summed E-state index contributed by atoms with van der Waals surface area (Å²) >= 11 is 0. The monoisotopic (exact) mass is 793 g/mol. The molecule has 11 heteroatoms. The summed E-state index contributed by atoms with van der Waals surface area (Å²) in [6.45, 7) is 20.7. The van der Waals surface area contributed by atoms with Crippen LogP contribution in [-0.2, 0) is 39.9 Å². The number of benzene rings is 2. The highest BCUT2D eigenvalue weighted by molar-refractivity contribution is 6.08. The fourth-order valence-electron chi connectivity index (χ4n) is 3.88. The van der Waals surface area contributed by atoms with Crippen LogP contribution in [0.25, 0.3) is 0 Å². The van der Waals surface area contributed by atoms with E-state index in [4.69, 9.17) is 19.3 Å². The number of hydrogen-bond donors (Lipinski definition) is 1. The predicted octanol–water partition coefficient (Wildman–Crippen LogP) is 4.90. The molecule has 294 valence electrons. The Labute approximate surface area is 323 Å². The third kappa shape index (κ3) is 20.5. The van der Waals surface area contributed by atoms with Crippen molar-refractivity contribution in [2.45, 2.75) is 108 Å². The van der Waals surface area contributed by atoms with Gasteiger partial charge in [0.25, 0.3) is 0 Å². The minimum Gasteiger partial charge on any atom is -1.00 e. The Hall–Kier alpha value is -3.57. The van der Waals surface area contributed by atoms with Crippen molar-refractivity contribution in [1.82, 2.24) is 0 Å². The summed E-state index contributed by atoms with van der Waals surface area (Å²) in [5, 5.41) is 8.30. The molecule has 0 heterocycles. The van der Waals surface area contributed by atoms with Crippen molar-refractivity contribution >= 4 is 29.7 Å². The van der Waals surface area contributed by atoms with Crippen LogP contribution in [0.5, 0.6) is 0 Å². The summed E-state index contributed by atoms with van der Waals surface area (Å²) in [4.78, 5) is 56.9. The maximum Gasteiger partial charge on any atom is 0.311 e. The Kier molecular flexibility index (Phi) is 23.9.